The highest BCUT2D eigenvalue weighted by Crippen LogP contribution is 2.08. The summed E-state index contributed by atoms with van der Waals surface area (Å²) in [4.78, 5) is 10.2. The van der Waals surface area contributed by atoms with Gasteiger partial charge in [-0.1, -0.05) is 45.4 Å². The molecule has 2 N–H and O–H groups in total. The van der Waals surface area contributed by atoms with Gasteiger partial charge in [0.25, 0.3) is 0 Å². The van der Waals surface area contributed by atoms with Gasteiger partial charge in [-0.05, 0) is 6.42 Å². The van der Waals surface area contributed by atoms with Crippen molar-refractivity contribution in [3.05, 3.63) is 0 Å². The van der Waals surface area contributed by atoms with Crippen molar-refractivity contribution >= 4 is 5.97 Å². The van der Waals surface area contributed by atoms with E-state index in [2.05, 4.69) is 6.92 Å². The summed E-state index contributed by atoms with van der Waals surface area (Å²) in [5.41, 5.74) is 0. The SMILES string of the molecule is CCCCCCCC[C@@H](O)C(=O)O. The molecule has 0 aliphatic heterocycles. The minimum Gasteiger partial charge on any atom is -0.479 e. The minimum absolute atomic E-state index is 0.390. The van der Waals surface area contributed by atoms with Crippen molar-refractivity contribution in [2.45, 2.75) is 58.0 Å². The molecule has 3 nitrogen and oxygen atoms in total. The van der Waals surface area contributed by atoms with Crippen molar-refractivity contribution in [3.8, 4) is 0 Å². The normalized spacial score (nSPS) is 12.8. The fraction of sp³-hybridized carbons (Fsp3) is 0.900. The number of carboxylic acid groups (broad SMARTS) is 1. The van der Waals surface area contributed by atoms with Crippen LogP contribution in [0.2, 0.25) is 0 Å². The van der Waals surface area contributed by atoms with Gasteiger partial charge in [-0.25, -0.2) is 4.79 Å². The molecule has 0 rings (SSSR count). The van der Waals surface area contributed by atoms with Crippen molar-refractivity contribution in [3.63, 3.8) is 0 Å². The van der Waals surface area contributed by atoms with Crippen LogP contribution in [0.3, 0.4) is 0 Å². The van der Waals surface area contributed by atoms with Crippen LogP contribution in [-0.2, 0) is 4.79 Å². The third-order valence-corrected chi connectivity index (χ3v) is 2.12. The van der Waals surface area contributed by atoms with Gasteiger partial charge >= 0.3 is 5.97 Å². The molecule has 0 unspecified atom stereocenters. The number of aliphatic hydroxyl groups excluding tert-OH is 1. The first-order chi connectivity index (χ1) is 6.18. The van der Waals surface area contributed by atoms with E-state index in [1.165, 1.54) is 19.3 Å². The smallest absolute Gasteiger partial charge is 0.332 e. The predicted molar refractivity (Wildman–Crippen MR) is 51.6 cm³/mol. The molecule has 0 amide bonds. The molecule has 0 aromatic rings. The Morgan fingerprint density at radius 3 is 2.23 bits per heavy atom. The lowest BCUT2D eigenvalue weighted by Gasteiger charge is -2.04. The first-order valence-electron chi connectivity index (χ1n) is 5.09. The fourth-order valence-corrected chi connectivity index (χ4v) is 1.24. The highest BCUT2D eigenvalue weighted by Gasteiger charge is 2.11. The second-order valence-corrected chi connectivity index (χ2v) is 3.41. The topological polar surface area (TPSA) is 57.5 Å². The highest BCUT2D eigenvalue weighted by atomic mass is 16.4. The number of hydrogen-bond donors (Lipinski definition) is 2. The standard InChI is InChI=1S/C10H20O3/c1-2-3-4-5-6-7-8-9(11)10(12)13/h9,11H,2-8H2,1H3,(H,12,13)/t9-/m1/s1. The Morgan fingerprint density at radius 1 is 1.15 bits per heavy atom. The summed E-state index contributed by atoms with van der Waals surface area (Å²) >= 11 is 0. The van der Waals surface area contributed by atoms with Crippen molar-refractivity contribution in [2.24, 2.45) is 0 Å². The van der Waals surface area contributed by atoms with Crippen molar-refractivity contribution < 1.29 is 15.0 Å². The Bertz CT molecular complexity index is 134. The number of hydrogen-bond acceptors (Lipinski definition) is 2. The van der Waals surface area contributed by atoms with Gasteiger partial charge in [0.1, 0.15) is 0 Å². The molecule has 0 heterocycles. The molecule has 0 bridgehead atoms. The molecule has 0 spiro atoms. The molecular weight excluding hydrogens is 168 g/mol. The molecular formula is C10H20O3. The fourth-order valence-electron chi connectivity index (χ4n) is 1.24. The van der Waals surface area contributed by atoms with E-state index in [0.717, 1.165) is 19.3 Å². The molecule has 0 aromatic carbocycles. The Hall–Kier alpha value is -0.570. The summed E-state index contributed by atoms with van der Waals surface area (Å²) < 4.78 is 0. The van der Waals surface area contributed by atoms with Gasteiger partial charge in [-0.15, -0.1) is 0 Å². The maximum absolute atomic E-state index is 10.2. The molecule has 3 heteroatoms. The van der Waals surface area contributed by atoms with E-state index >= 15 is 0 Å². The van der Waals surface area contributed by atoms with Gasteiger partial charge in [-0.3, -0.25) is 0 Å². The summed E-state index contributed by atoms with van der Waals surface area (Å²) in [6.45, 7) is 2.16. The molecule has 0 aromatic heterocycles. The van der Waals surface area contributed by atoms with Crippen LogP contribution in [-0.4, -0.2) is 22.3 Å². The monoisotopic (exact) mass is 188 g/mol. The van der Waals surface area contributed by atoms with E-state index < -0.39 is 12.1 Å². The lowest BCUT2D eigenvalue weighted by molar-refractivity contribution is -0.146. The third kappa shape index (κ3) is 7.78. The molecule has 0 saturated carbocycles. The zero-order valence-electron chi connectivity index (χ0n) is 8.33. The van der Waals surface area contributed by atoms with Gasteiger partial charge in [-0.2, -0.15) is 0 Å². The third-order valence-electron chi connectivity index (χ3n) is 2.12. The predicted octanol–water partition coefficient (Wildman–Crippen LogP) is 2.18. The lowest BCUT2D eigenvalue weighted by Crippen LogP contribution is -2.18. The average Bonchev–Trinajstić information content (AvgIpc) is 2.10. The Morgan fingerprint density at radius 2 is 1.69 bits per heavy atom. The summed E-state index contributed by atoms with van der Waals surface area (Å²) in [5.74, 6) is -1.10. The summed E-state index contributed by atoms with van der Waals surface area (Å²) in [5, 5.41) is 17.3. The number of unbranched alkanes of at least 4 members (excludes halogenated alkanes) is 5. The quantitative estimate of drug-likeness (QED) is 0.574. The zero-order chi connectivity index (χ0) is 10.1. The number of carbonyl (C=O) groups is 1. The van der Waals surface area contributed by atoms with E-state index in [-0.39, 0.29) is 0 Å². The Labute approximate surface area is 79.8 Å². The lowest BCUT2D eigenvalue weighted by atomic mass is 10.1. The van der Waals surface area contributed by atoms with E-state index in [1.54, 1.807) is 0 Å². The maximum Gasteiger partial charge on any atom is 0.332 e. The number of aliphatic hydroxyl groups is 1. The van der Waals surface area contributed by atoms with Crippen LogP contribution >= 0.6 is 0 Å². The number of rotatable bonds is 8. The van der Waals surface area contributed by atoms with Crippen LogP contribution in [0.1, 0.15) is 51.9 Å². The zero-order valence-corrected chi connectivity index (χ0v) is 8.33. The Kier molecular flexibility index (Phi) is 7.69. The second kappa shape index (κ2) is 8.05. The van der Waals surface area contributed by atoms with Crippen molar-refractivity contribution in [1.82, 2.24) is 0 Å². The molecule has 78 valence electrons. The van der Waals surface area contributed by atoms with Gasteiger partial charge in [0.15, 0.2) is 6.10 Å². The molecule has 13 heavy (non-hydrogen) atoms. The van der Waals surface area contributed by atoms with Gasteiger partial charge in [0.05, 0.1) is 0 Å². The van der Waals surface area contributed by atoms with Crippen LogP contribution < -0.4 is 0 Å². The van der Waals surface area contributed by atoms with E-state index in [9.17, 15) is 4.79 Å². The van der Waals surface area contributed by atoms with Crippen LogP contribution in [0, 0.1) is 0 Å². The molecule has 0 aliphatic rings. The van der Waals surface area contributed by atoms with Gasteiger partial charge in [0, 0.05) is 0 Å². The molecule has 0 aliphatic carbocycles. The number of carboxylic acids is 1. The maximum atomic E-state index is 10.2. The largest absolute Gasteiger partial charge is 0.479 e. The van der Waals surface area contributed by atoms with Gasteiger partial charge < -0.3 is 10.2 Å². The molecule has 0 saturated heterocycles. The van der Waals surface area contributed by atoms with Crippen molar-refractivity contribution in [1.29, 1.82) is 0 Å². The van der Waals surface area contributed by atoms with Crippen LogP contribution in [0.25, 0.3) is 0 Å². The van der Waals surface area contributed by atoms with Crippen LogP contribution in [0.15, 0.2) is 0 Å². The first-order valence-corrected chi connectivity index (χ1v) is 5.09. The highest BCUT2D eigenvalue weighted by molar-refractivity contribution is 5.71. The average molecular weight is 188 g/mol. The van der Waals surface area contributed by atoms with E-state index in [1.807, 2.05) is 0 Å². The molecule has 0 radical (unpaired) electrons. The van der Waals surface area contributed by atoms with Crippen LogP contribution in [0.4, 0.5) is 0 Å². The summed E-state index contributed by atoms with van der Waals surface area (Å²) in [6, 6.07) is 0. The van der Waals surface area contributed by atoms with E-state index in [4.69, 9.17) is 10.2 Å². The summed E-state index contributed by atoms with van der Waals surface area (Å²) in [7, 11) is 0. The van der Waals surface area contributed by atoms with Gasteiger partial charge in [0.2, 0.25) is 0 Å². The van der Waals surface area contributed by atoms with Crippen molar-refractivity contribution in [2.75, 3.05) is 0 Å². The summed E-state index contributed by atoms with van der Waals surface area (Å²) in [6.07, 6.45) is 5.92. The second-order valence-electron chi connectivity index (χ2n) is 3.41. The minimum atomic E-state index is -1.16. The Balaban J connectivity index is 3.11. The van der Waals surface area contributed by atoms with Crippen LogP contribution in [0.5, 0.6) is 0 Å². The first kappa shape index (κ1) is 12.4. The number of aliphatic carboxylic acids is 1. The molecule has 0 fully saturated rings. The molecule has 1 atom stereocenters. The van der Waals surface area contributed by atoms with E-state index in [0.29, 0.717) is 6.42 Å².